The van der Waals surface area contributed by atoms with Crippen LogP contribution in [0, 0.1) is 0 Å². The van der Waals surface area contributed by atoms with Gasteiger partial charge in [-0.3, -0.25) is 0 Å². The van der Waals surface area contributed by atoms with E-state index < -0.39 is 0 Å². The van der Waals surface area contributed by atoms with Gasteiger partial charge in [-0.2, -0.15) is 0 Å². The zero-order chi connectivity index (χ0) is 35.6. The van der Waals surface area contributed by atoms with Crippen LogP contribution in [0.25, 0.3) is 110 Å². The molecule has 3 heteroatoms. The second-order valence-corrected chi connectivity index (χ2v) is 14.0. The Kier molecular flexibility index (Phi) is 6.86. The van der Waals surface area contributed by atoms with Gasteiger partial charge in [-0.15, -0.1) is 0 Å². The third-order valence-corrected chi connectivity index (χ3v) is 10.9. The maximum absolute atomic E-state index is 5.16. The number of nitrogens with zero attached hydrogens (tertiary/aromatic N) is 3. The molecule has 0 aliphatic heterocycles. The fraction of sp³-hybridized carbons (Fsp3) is 0. The van der Waals surface area contributed by atoms with Gasteiger partial charge in [0.15, 0.2) is 17.5 Å². The molecule has 0 radical (unpaired) electrons. The molecule has 0 saturated carbocycles. The van der Waals surface area contributed by atoms with Crippen molar-refractivity contribution < 1.29 is 0 Å². The minimum Gasteiger partial charge on any atom is -0.208 e. The van der Waals surface area contributed by atoms with E-state index in [9.17, 15) is 0 Å². The van der Waals surface area contributed by atoms with E-state index in [1.807, 2.05) is 6.07 Å². The summed E-state index contributed by atoms with van der Waals surface area (Å²) in [5.74, 6) is 1.94. The summed E-state index contributed by atoms with van der Waals surface area (Å²) in [7, 11) is 0. The number of hydrogen-bond donors (Lipinski definition) is 0. The molecule has 11 rings (SSSR count). The van der Waals surface area contributed by atoms with Gasteiger partial charge in [-0.25, -0.2) is 15.0 Å². The molecule has 1 heterocycles. The molecule has 0 fully saturated rings. The van der Waals surface area contributed by atoms with E-state index in [1.165, 1.54) is 59.4 Å². The Hall–Kier alpha value is -7.23. The SMILES string of the molecule is c1ccc(-c2ccc(-c3nc(-c4ccc5c(ccc6c7ccccc7ccc56)c4)nc(-c4ccc5c(ccc6c7ccccc7ccc56)c4)n3)cc2)cc1. The Labute approximate surface area is 311 Å². The van der Waals surface area contributed by atoms with Crippen LogP contribution in [-0.4, -0.2) is 15.0 Å². The van der Waals surface area contributed by atoms with Crippen LogP contribution >= 0.6 is 0 Å². The van der Waals surface area contributed by atoms with Crippen molar-refractivity contribution in [1.82, 2.24) is 15.0 Å². The average molecular weight is 686 g/mol. The van der Waals surface area contributed by atoms with E-state index in [1.54, 1.807) is 0 Å². The second-order valence-electron chi connectivity index (χ2n) is 14.0. The highest BCUT2D eigenvalue weighted by molar-refractivity contribution is 6.18. The minimum atomic E-state index is 0.643. The lowest BCUT2D eigenvalue weighted by molar-refractivity contribution is 1.08. The van der Waals surface area contributed by atoms with E-state index in [-0.39, 0.29) is 0 Å². The standard InChI is InChI=1S/C51H31N3/c1-2-8-32(9-3-1)33-14-16-36(17-15-33)49-52-50(39-22-24-43-37(30-39)20-28-45-41-12-6-4-10-34(41)18-26-47(43)45)54-51(53-49)40-23-25-44-38(31-40)21-29-46-42-13-7-5-11-35(42)19-27-48(44)46/h1-31H. The number of hydrogen-bond acceptors (Lipinski definition) is 3. The molecular weight excluding hydrogens is 655 g/mol. The monoisotopic (exact) mass is 685 g/mol. The molecule has 0 unspecified atom stereocenters. The first-order chi connectivity index (χ1) is 26.7. The predicted molar refractivity (Wildman–Crippen MR) is 227 cm³/mol. The van der Waals surface area contributed by atoms with Gasteiger partial charge in [-0.05, 0) is 87.9 Å². The summed E-state index contributed by atoms with van der Waals surface area (Å²) in [6, 6.07) is 67.1. The van der Waals surface area contributed by atoms with Crippen LogP contribution in [0.3, 0.4) is 0 Å². The summed E-state index contributed by atoms with van der Waals surface area (Å²) in [6.07, 6.45) is 0. The van der Waals surface area contributed by atoms with E-state index in [2.05, 4.69) is 182 Å². The molecule has 0 amide bonds. The second kappa shape index (κ2) is 12.2. The summed E-state index contributed by atoms with van der Waals surface area (Å²) >= 11 is 0. The Bertz CT molecular complexity index is 3080. The lowest BCUT2D eigenvalue weighted by Crippen LogP contribution is -2.00. The molecule has 0 aliphatic rings. The first-order valence-corrected chi connectivity index (χ1v) is 18.3. The Balaban J connectivity index is 1.07. The van der Waals surface area contributed by atoms with E-state index in [0.717, 1.165) is 33.0 Å². The number of fused-ring (bicyclic) bond motifs is 10. The first-order valence-electron chi connectivity index (χ1n) is 18.3. The van der Waals surface area contributed by atoms with Gasteiger partial charge in [0, 0.05) is 16.7 Å². The van der Waals surface area contributed by atoms with Gasteiger partial charge in [0.25, 0.3) is 0 Å². The van der Waals surface area contributed by atoms with Crippen LogP contribution in [0.4, 0.5) is 0 Å². The fourth-order valence-corrected chi connectivity index (χ4v) is 8.14. The molecule has 250 valence electrons. The highest BCUT2D eigenvalue weighted by Crippen LogP contribution is 2.36. The normalized spacial score (nSPS) is 11.7. The lowest BCUT2D eigenvalue weighted by Gasteiger charge is -2.12. The van der Waals surface area contributed by atoms with Crippen molar-refractivity contribution in [2.75, 3.05) is 0 Å². The van der Waals surface area contributed by atoms with Gasteiger partial charge in [0.2, 0.25) is 0 Å². The van der Waals surface area contributed by atoms with Crippen LogP contribution in [0.1, 0.15) is 0 Å². The third-order valence-electron chi connectivity index (χ3n) is 10.9. The molecule has 10 aromatic carbocycles. The van der Waals surface area contributed by atoms with Crippen molar-refractivity contribution in [2.24, 2.45) is 0 Å². The van der Waals surface area contributed by atoms with Gasteiger partial charge in [-0.1, -0.05) is 176 Å². The van der Waals surface area contributed by atoms with Gasteiger partial charge < -0.3 is 0 Å². The minimum absolute atomic E-state index is 0.643. The van der Waals surface area contributed by atoms with Crippen LogP contribution < -0.4 is 0 Å². The number of rotatable bonds is 4. The maximum Gasteiger partial charge on any atom is 0.164 e. The molecule has 1 aromatic heterocycles. The van der Waals surface area contributed by atoms with Gasteiger partial charge >= 0.3 is 0 Å². The lowest BCUT2D eigenvalue weighted by atomic mass is 9.96. The number of benzene rings is 10. The summed E-state index contributed by atoms with van der Waals surface area (Å²) in [4.78, 5) is 15.4. The van der Waals surface area contributed by atoms with Gasteiger partial charge in [0.1, 0.15) is 0 Å². The smallest absolute Gasteiger partial charge is 0.164 e. The van der Waals surface area contributed by atoms with Crippen molar-refractivity contribution in [2.45, 2.75) is 0 Å². The Morgan fingerprint density at radius 1 is 0.204 bits per heavy atom. The van der Waals surface area contributed by atoms with Crippen molar-refractivity contribution >= 4 is 64.6 Å². The van der Waals surface area contributed by atoms with Crippen molar-refractivity contribution in [3.63, 3.8) is 0 Å². The molecule has 0 spiro atoms. The van der Waals surface area contributed by atoms with E-state index >= 15 is 0 Å². The molecule has 11 aromatic rings. The van der Waals surface area contributed by atoms with E-state index in [0.29, 0.717) is 17.5 Å². The Morgan fingerprint density at radius 3 is 1.04 bits per heavy atom. The molecule has 0 aliphatic carbocycles. The van der Waals surface area contributed by atoms with E-state index in [4.69, 9.17) is 15.0 Å². The summed E-state index contributed by atoms with van der Waals surface area (Å²) < 4.78 is 0. The predicted octanol–water partition coefficient (Wildman–Crippen LogP) is 13.5. The molecule has 0 atom stereocenters. The van der Waals surface area contributed by atoms with Crippen molar-refractivity contribution in [3.8, 4) is 45.3 Å². The van der Waals surface area contributed by atoms with Crippen molar-refractivity contribution in [1.29, 1.82) is 0 Å². The quantitative estimate of drug-likeness (QED) is 0.173. The molecule has 0 saturated heterocycles. The van der Waals surface area contributed by atoms with Crippen LogP contribution in [0.2, 0.25) is 0 Å². The Morgan fingerprint density at radius 2 is 0.537 bits per heavy atom. The third kappa shape index (κ3) is 5.02. The molecule has 54 heavy (non-hydrogen) atoms. The summed E-state index contributed by atoms with van der Waals surface area (Å²) in [5.41, 5.74) is 5.17. The molecule has 0 bridgehead atoms. The van der Waals surface area contributed by atoms with Crippen LogP contribution in [-0.2, 0) is 0 Å². The van der Waals surface area contributed by atoms with Gasteiger partial charge in [0.05, 0.1) is 0 Å². The first kappa shape index (κ1) is 30.4. The highest BCUT2D eigenvalue weighted by Gasteiger charge is 2.15. The zero-order valence-electron chi connectivity index (χ0n) is 29.2. The topological polar surface area (TPSA) is 38.7 Å². The summed E-state index contributed by atoms with van der Waals surface area (Å²) in [5, 5.41) is 14.7. The summed E-state index contributed by atoms with van der Waals surface area (Å²) in [6.45, 7) is 0. The molecular formula is C51H31N3. The molecule has 3 nitrogen and oxygen atoms in total. The zero-order valence-corrected chi connectivity index (χ0v) is 29.2. The van der Waals surface area contributed by atoms with Crippen LogP contribution in [0.5, 0.6) is 0 Å². The average Bonchev–Trinajstić information content (AvgIpc) is 3.25. The maximum atomic E-state index is 5.16. The number of aromatic nitrogens is 3. The largest absolute Gasteiger partial charge is 0.208 e. The molecule has 0 N–H and O–H groups in total. The fourth-order valence-electron chi connectivity index (χ4n) is 8.14. The van der Waals surface area contributed by atoms with Crippen LogP contribution in [0.15, 0.2) is 188 Å². The van der Waals surface area contributed by atoms with Crippen molar-refractivity contribution in [3.05, 3.63) is 188 Å². The highest BCUT2D eigenvalue weighted by atomic mass is 15.0.